The smallest absolute Gasteiger partial charge is 0.435 e. The van der Waals surface area contributed by atoms with Crippen LogP contribution >= 0.6 is 0 Å². The first-order valence-corrected chi connectivity index (χ1v) is 19.8. The third-order valence-corrected chi connectivity index (χ3v) is 8.93. The second-order valence-electron chi connectivity index (χ2n) is 12.5. The summed E-state index contributed by atoms with van der Waals surface area (Å²) < 4.78 is 98.0. The molecule has 2 amide bonds. The first-order valence-electron chi connectivity index (χ1n) is 19.8. The normalized spacial score (nSPS) is 13.3. The fourth-order valence-electron chi connectivity index (χ4n) is 6.43. The third-order valence-electron chi connectivity index (χ3n) is 8.93. The van der Waals surface area contributed by atoms with Gasteiger partial charge < -0.3 is 15.4 Å². The van der Waals surface area contributed by atoms with Gasteiger partial charge in [0.1, 0.15) is 23.0 Å². The number of alkyl halides is 5. The number of methoxy groups -OCH3 is 1. The second-order valence-corrected chi connectivity index (χ2v) is 12.5. The van der Waals surface area contributed by atoms with Gasteiger partial charge in [-0.2, -0.15) is 27.1 Å². The van der Waals surface area contributed by atoms with E-state index in [1.165, 1.54) is 26.2 Å². The van der Waals surface area contributed by atoms with Crippen LogP contribution < -0.4 is 15.4 Å². The predicted molar refractivity (Wildman–Crippen MR) is 219 cm³/mol. The highest BCUT2D eigenvalue weighted by molar-refractivity contribution is 5.99. The second kappa shape index (κ2) is 22.4. The molecule has 2 aromatic carbocycles. The summed E-state index contributed by atoms with van der Waals surface area (Å²) in [6.07, 6.45) is -3.33. The molecule has 61 heavy (non-hydrogen) atoms. The van der Waals surface area contributed by atoms with Gasteiger partial charge >= 0.3 is 6.18 Å². The van der Waals surface area contributed by atoms with Gasteiger partial charge in [0.2, 0.25) is 12.3 Å². The largest absolute Gasteiger partial charge is 0.481 e. The van der Waals surface area contributed by atoms with Gasteiger partial charge in [-0.05, 0) is 78.8 Å². The molecule has 326 valence electrons. The average molecular weight is 855 g/mol. The van der Waals surface area contributed by atoms with Crippen molar-refractivity contribution >= 4 is 12.3 Å². The first kappa shape index (κ1) is 49.1. The number of ether oxygens (including phenoxy) is 1. The maximum absolute atomic E-state index is 13.9. The highest BCUT2D eigenvalue weighted by Crippen LogP contribution is 2.46. The summed E-state index contributed by atoms with van der Waals surface area (Å²) in [6.45, 7) is 13.9. The fourth-order valence-corrected chi connectivity index (χ4v) is 6.43. The number of halogens is 7. The quantitative estimate of drug-likeness (QED) is 0.0914. The van der Waals surface area contributed by atoms with E-state index in [9.17, 15) is 40.3 Å². The van der Waals surface area contributed by atoms with Crippen molar-refractivity contribution in [2.24, 2.45) is 0 Å². The molecule has 2 N–H and O–H groups in total. The summed E-state index contributed by atoms with van der Waals surface area (Å²) in [4.78, 5) is 32.8. The zero-order chi connectivity index (χ0) is 45.5. The van der Waals surface area contributed by atoms with E-state index in [-0.39, 0.29) is 30.9 Å². The van der Waals surface area contributed by atoms with E-state index < -0.39 is 47.6 Å². The molecule has 1 aliphatic heterocycles. The van der Waals surface area contributed by atoms with Crippen LogP contribution in [0.4, 0.5) is 30.7 Å². The Morgan fingerprint density at radius 3 is 2.23 bits per heavy atom. The molecule has 0 spiro atoms. The number of hydrogen-bond acceptors (Lipinski definition) is 6. The third kappa shape index (κ3) is 12.2. The molecule has 16 heteroatoms. The minimum absolute atomic E-state index is 0.00794. The Morgan fingerprint density at radius 2 is 1.64 bits per heavy atom. The lowest BCUT2D eigenvalue weighted by Crippen LogP contribution is -2.24. The molecule has 1 aliphatic carbocycles. The molecule has 0 bridgehead atoms. The number of aromatic nitrogens is 4. The summed E-state index contributed by atoms with van der Waals surface area (Å²) in [6, 6.07) is 15.0. The molecule has 9 nitrogen and oxygen atoms in total. The van der Waals surface area contributed by atoms with Crippen LogP contribution in [-0.2, 0) is 42.8 Å². The van der Waals surface area contributed by atoms with E-state index in [2.05, 4.69) is 32.6 Å². The van der Waals surface area contributed by atoms with E-state index in [1.807, 2.05) is 53.7 Å². The van der Waals surface area contributed by atoms with E-state index in [4.69, 9.17) is 9.72 Å². The van der Waals surface area contributed by atoms with Gasteiger partial charge in [-0.1, -0.05) is 59.6 Å². The lowest BCUT2D eigenvalue weighted by atomic mass is 9.93. The average Bonchev–Trinajstić information content (AvgIpc) is 3.94. The van der Waals surface area contributed by atoms with Crippen LogP contribution in [0.3, 0.4) is 0 Å². The van der Waals surface area contributed by atoms with Crippen molar-refractivity contribution < 1.29 is 45.1 Å². The predicted octanol–water partition coefficient (Wildman–Crippen LogP) is 10.1. The summed E-state index contributed by atoms with van der Waals surface area (Å²) in [5.74, 6) is 1.66. The molecule has 0 radical (unpaired) electrons. The van der Waals surface area contributed by atoms with Gasteiger partial charge in [0, 0.05) is 60.1 Å². The van der Waals surface area contributed by atoms with Crippen molar-refractivity contribution in [2.45, 2.75) is 99.0 Å². The Bertz CT molecular complexity index is 2300. The number of carbonyl (C=O) groups is 2. The van der Waals surface area contributed by atoms with Crippen molar-refractivity contribution in [3.05, 3.63) is 129 Å². The molecular weight excluding hydrogens is 806 g/mol. The number of nitrogens with zero attached hydrogens (tertiary/aromatic N) is 4. The zero-order valence-electron chi connectivity index (χ0n) is 35.2. The molecule has 3 aromatic heterocycles. The fraction of sp³-hybridized carbons (Fsp3) is 0.356. The van der Waals surface area contributed by atoms with Crippen molar-refractivity contribution in [3.63, 3.8) is 0 Å². The number of pyridine rings is 2. The summed E-state index contributed by atoms with van der Waals surface area (Å²) >= 11 is 0. The Balaban J connectivity index is 0.000000375. The number of benzene rings is 2. The molecule has 2 aliphatic rings. The van der Waals surface area contributed by atoms with E-state index in [0.717, 1.165) is 16.3 Å². The van der Waals surface area contributed by atoms with Crippen molar-refractivity contribution in [1.29, 1.82) is 0 Å². The first-order chi connectivity index (χ1) is 29.2. The Kier molecular flexibility index (Phi) is 18.0. The number of aryl methyl sites for hydroxylation is 1. The van der Waals surface area contributed by atoms with E-state index in [0.29, 0.717) is 58.0 Å². The molecule has 5 aromatic rings. The van der Waals surface area contributed by atoms with Crippen molar-refractivity contribution in [2.75, 3.05) is 7.11 Å². The van der Waals surface area contributed by atoms with Gasteiger partial charge in [0.15, 0.2) is 5.69 Å². The number of carbonyl (C=O) groups excluding carboxylic acids is 2. The van der Waals surface area contributed by atoms with Crippen LogP contribution in [0.15, 0.2) is 66.9 Å². The van der Waals surface area contributed by atoms with Gasteiger partial charge in [-0.3, -0.25) is 14.3 Å². The molecular formula is C45H49F7N6O3. The highest BCUT2D eigenvalue weighted by Gasteiger charge is 2.49. The Labute approximate surface area is 351 Å². The number of nitrogens with one attached hydrogen (secondary N) is 2. The van der Waals surface area contributed by atoms with Crippen LogP contribution in [0.2, 0.25) is 0 Å². The molecule has 0 fully saturated rings. The molecule has 0 saturated carbocycles. The van der Waals surface area contributed by atoms with Crippen LogP contribution in [-0.4, -0.2) is 39.2 Å². The SMILES string of the molecule is CC.CC.CC.CCn1nc(C(F)(F)F)c2c1C(F)(F)CC2.COc1ccc(C#Cc2ccc(-c3ccc4c(c3)C(=O)NC4)c(C(Cc3cc(F)cc(F)c3)NC=O)n2)cn1. The van der Waals surface area contributed by atoms with Gasteiger partial charge in [-0.15, -0.1) is 0 Å². The summed E-state index contributed by atoms with van der Waals surface area (Å²) in [5.41, 5.74) is 2.53. The molecule has 1 atom stereocenters. The number of rotatable bonds is 8. The van der Waals surface area contributed by atoms with Gasteiger partial charge in [0.25, 0.3) is 11.8 Å². The minimum atomic E-state index is -4.66. The number of amides is 2. The molecule has 0 saturated heterocycles. The van der Waals surface area contributed by atoms with Crippen LogP contribution in [0.25, 0.3) is 11.1 Å². The maximum Gasteiger partial charge on any atom is 0.435 e. The van der Waals surface area contributed by atoms with Crippen molar-refractivity contribution in [1.82, 2.24) is 30.4 Å². The Morgan fingerprint density at radius 1 is 0.951 bits per heavy atom. The van der Waals surface area contributed by atoms with Crippen LogP contribution in [0.5, 0.6) is 5.88 Å². The standard InChI is InChI=1S/C30H22F2N4O3.C9H9F5N2.3C2H6/c1-39-28-9-3-18(15-33-28)2-6-24-7-8-25(20-4-5-21-16-34-30(38)26(21)13-20)29(36-24)27(35-17-37)12-19-10-22(31)14-23(32)11-19;1-2-16-7-5(3-4-8(7,10)11)6(15-16)9(12,13)14;3*1-2/h3-5,7-11,13-15,17,27H,12,16H2,1H3,(H,34,38)(H,35,37);2-4H2,1H3;3*1-2H3. The van der Waals surface area contributed by atoms with Crippen LogP contribution in [0.1, 0.15) is 116 Å². The number of hydrogen-bond donors (Lipinski definition) is 2. The van der Waals surface area contributed by atoms with E-state index >= 15 is 0 Å². The minimum Gasteiger partial charge on any atom is -0.481 e. The van der Waals surface area contributed by atoms with Crippen molar-refractivity contribution in [3.8, 4) is 28.8 Å². The van der Waals surface area contributed by atoms with Gasteiger partial charge in [0.05, 0.1) is 18.8 Å². The monoisotopic (exact) mass is 854 g/mol. The highest BCUT2D eigenvalue weighted by atomic mass is 19.4. The lowest BCUT2D eigenvalue weighted by molar-refractivity contribution is -0.142. The summed E-state index contributed by atoms with van der Waals surface area (Å²) in [7, 11) is 1.52. The van der Waals surface area contributed by atoms with Crippen LogP contribution in [0, 0.1) is 23.5 Å². The van der Waals surface area contributed by atoms with E-state index in [1.54, 1.807) is 36.5 Å². The zero-order valence-corrected chi connectivity index (χ0v) is 35.2. The molecule has 7 rings (SSSR count). The number of fused-ring (bicyclic) bond motifs is 2. The van der Waals surface area contributed by atoms with Gasteiger partial charge in [-0.25, -0.2) is 18.7 Å². The molecule has 1 unspecified atom stereocenters. The Hall–Kier alpha value is -6.24. The summed E-state index contributed by atoms with van der Waals surface area (Å²) in [5, 5.41) is 8.76. The molecule has 4 heterocycles. The topological polar surface area (TPSA) is 111 Å². The maximum atomic E-state index is 13.9. The lowest BCUT2D eigenvalue weighted by Gasteiger charge is -2.20.